The standard InChI is InChI=1S/C14H20N2O3/c1-9-6-10(2)15-13(17)12(9)14(18)16-5-4-11(7-16)8-19-3/h6,11H,4-5,7-8H2,1-3H3,(H,15,17)/t11-/m0/s1. The van der Waals surface area contributed by atoms with Crippen LogP contribution in [0.5, 0.6) is 0 Å². The van der Waals surface area contributed by atoms with Crippen molar-refractivity contribution >= 4 is 5.91 Å². The molecule has 104 valence electrons. The topological polar surface area (TPSA) is 62.4 Å². The average molecular weight is 264 g/mol. The van der Waals surface area contributed by atoms with Crippen molar-refractivity contribution in [2.45, 2.75) is 20.3 Å². The predicted molar refractivity (Wildman–Crippen MR) is 72.4 cm³/mol. The van der Waals surface area contributed by atoms with Gasteiger partial charge in [0, 0.05) is 31.8 Å². The fourth-order valence-electron chi connectivity index (χ4n) is 2.67. The van der Waals surface area contributed by atoms with Gasteiger partial charge < -0.3 is 14.6 Å². The van der Waals surface area contributed by atoms with Crippen molar-refractivity contribution in [3.8, 4) is 0 Å². The van der Waals surface area contributed by atoms with E-state index in [2.05, 4.69) is 4.98 Å². The van der Waals surface area contributed by atoms with Gasteiger partial charge in [-0.2, -0.15) is 0 Å². The SMILES string of the molecule is COC[C@H]1CCN(C(=O)c2c(C)cc(C)[nH]c2=O)C1. The van der Waals surface area contributed by atoms with Gasteiger partial charge in [0.15, 0.2) is 0 Å². The lowest BCUT2D eigenvalue weighted by Crippen LogP contribution is -2.34. The molecule has 2 heterocycles. The van der Waals surface area contributed by atoms with Crippen LogP contribution in [-0.2, 0) is 4.74 Å². The Morgan fingerprint density at radius 3 is 2.89 bits per heavy atom. The van der Waals surface area contributed by atoms with Crippen LogP contribution in [0.1, 0.15) is 28.0 Å². The number of rotatable bonds is 3. The van der Waals surface area contributed by atoms with E-state index >= 15 is 0 Å². The molecule has 1 aromatic rings. The normalized spacial score (nSPS) is 18.9. The zero-order valence-electron chi connectivity index (χ0n) is 11.7. The highest BCUT2D eigenvalue weighted by Crippen LogP contribution is 2.19. The Labute approximate surface area is 112 Å². The van der Waals surface area contributed by atoms with Crippen molar-refractivity contribution < 1.29 is 9.53 Å². The number of nitrogens with one attached hydrogen (secondary N) is 1. The molecule has 0 radical (unpaired) electrons. The second-order valence-electron chi connectivity index (χ2n) is 5.20. The molecule has 0 unspecified atom stereocenters. The molecule has 5 nitrogen and oxygen atoms in total. The van der Waals surface area contributed by atoms with E-state index in [1.54, 1.807) is 18.9 Å². The number of amides is 1. The fourth-order valence-corrected chi connectivity index (χ4v) is 2.67. The van der Waals surface area contributed by atoms with Crippen LogP contribution in [0, 0.1) is 19.8 Å². The molecule has 19 heavy (non-hydrogen) atoms. The molecule has 0 aromatic carbocycles. The maximum absolute atomic E-state index is 12.4. The molecule has 1 amide bonds. The number of nitrogens with zero attached hydrogens (tertiary/aromatic N) is 1. The monoisotopic (exact) mass is 264 g/mol. The number of hydrogen-bond donors (Lipinski definition) is 1. The quantitative estimate of drug-likeness (QED) is 0.889. The van der Waals surface area contributed by atoms with E-state index in [9.17, 15) is 9.59 Å². The van der Waals surface area contributed by atoms with Crippen molar-refractivity contribution in [2.75, 3.05) is 26.8 Å². The molecule has 1 aromatic heterocycles. The Kier molecular flexibility index (Phi) is 4.04. The highest BCUT2D eigenvalue weighted by molar-refractivity contribution is 5.95. The summed E-state index contributed by atoms with van der Waals surface area (Å²) in [6.07, 6.45) is 0.933. The van der Waals surface area contributed by atoms with E-state index in [1.807, 2.05) is 13.0 Å². The maximum Gasteiger partial charge on any atom is 0.261 e. The molecule has 1 aliphatic rings. The van der Waals surface area contributed by atoms with Crippen LogP contribution in [0.4, 0.5) is 0 Å². The minimum Gasteiger partial charge on any atom is -0.384 e. The van der Waals surface area contributed by atoms with Crippen LogP contribution < -0.4 is 5.56 Å². The largest absolute Gasteiger partial charge is 0.384 e. The first-order valence-electron chi connectivity index (χ1n) is 6.51. The van der Waals surface area contributed by atoms with Gasteiger partial charge in [0.05, 0.1) is 6.61 Å². The molecule has 5 heteroatoms. The van der Waals surface area contributed by atoms with Crippen LogP contribution >= 0.6 is 0 Å². The molecule has 0 saturated carbocycles. The van der Waals surface area contributed by atoms with Crippen molar-refractivity contribution in [2.24, 2.45) is 5.92 Å². The number of pyridine rings is 1. The summed E-state index contributed by atoms with van der Waals surface area (Å²) >= 11 is 0. The van der Waals surface area contributed by atoms with Crippen molar-refractivity contribution in [3.05, 3.63) is 33.2 Å². The third-order valence-electron chi connectivity index (χ3n) is 3.55. The number of aromatic nitrogens is 1. The number of aryl methyl sites for hydroxylation is 2. The van der Waals surface area contributed by atoms with Gasteiger partial charge >= 0.3 is 0 Å². The molecule has 0 bridgehead atoms. The third-order valence-corrected chi connectivity index (χ3v) is 3.55. The molecule has 1 saturated heterocycles. The van der Waals surface area contributed by atoms with E-state index in [-0.39, 0.29) is 17.0 Å². The molecule has 2 rings (SSSR count). The number of H-pyrrole nitrogens is 1. The number of likely N-dealkylation sites (tertiary alicyclic amines) is 1. The average Bonchev–Trinajstić information content (AvgIpc) is 2.76. The van der Waals surface area contributed by atoms with Crippen LogP contribution in [-0.4, -0.2) is 42.6 Å². The van der Waals surface area contributed by atoms with Gasteiger partial charge in [0.25, 0.3) is 11.5 Å². The first-order chi connectivity index (χ1) is 9.02. The lowest BCUT2D eigenvalue weighted by molar-refractivity contribution is 0.0773. The number of hydrogen-bond acceptors (Lipinski definition) is 3. The molecule has 1 fully saturated rings. The molecule has 0 spiro atoms. The number of carbonyl (C=O) groups excluding carboxylic acids is 1. The van der Waals surface area contributed by atoms with Gasteiger partial charge in [-0.3, -0.25) is 9.59 Å². The zero-order valence-corrected chi connectivity index (χ0v) is 11.7. The molecule has 1 atom stereocenters. The lowest BCUT2D eigenvalue weighted by Gasteiger charge is -2.17. The molecule has 1 N–H and O–H groups in total. The summed E-state index contributed by atoms with van der Waals surface area (Å²) in [6, 6.07) is 1.83. The number of ether oxygens (including phenoxy) is 1. The van der Waals surface area contributed by atoms with Gasteiger partial charge in [-0.25, -0.2) is 0 Å². The third kappa shape index (κ3) is 2.87. The van der Waals surface area contributed by atoms with Crippen molar-refractivity contribution in [3.63, 3.8) is 0 Å². The zero-order chi connectivity index (χ0) is 14.0. The Bertz CT molecular complexity index is 536. The van der Waals surface area contributed by atoms with E-state index in [1.165, 1.54) is 0 Å². The highest BCUT2D eigenvalue weighted by atomic mass is 16.5. The van der Waals surface area contributed by atoms with E-state index < -0.39 is 0 Å². The van der Waals surface area contributed by atoms with E-state index in [0.717, 1.165) is 17.7 Å². The summed E-state index contributed by atoms with van der Waals surface area (Å²) in [6.45, 7) is 5.64. The van der Waals surface area contributed by atoms with Gasteiger partial charge in [-0.1, -0.05) is 0 Å². The molecular weight excluding hydrogens is 244 g/mol. The molecular formula is C14H20N2O3. The maximum atomic E-state index is 12.4. The fraction of sp³-hybridized carbons (Fsp3) is 0.571. The van der Waals surface area contributed by atoms with Crippen LogP contribution in [0.25, 0.3) is 0 Å². The second-order valence-corrected chi connectivity index (χ2v) is 5.20. The smallest absolute Gasteiger partial charge is 0.261 e. The lowest BCUT2D eigenvalue weighted by atomic mass is 10.1. The van der Waals surface area contributed by atoms with Gasteiger partial charge in [0.2, 0.25) is 0 Å². The van der Waals surface area contributed by atoms with Gasteiger partial charge in [-0.05, 0) is 31.9 Å². The number of aromatic amines is 1. The molecule has 0 aliphatic carbocycles. The van der Waals surface area contributed by atoms with Crippen molar-refractivity contribution in [1.82, 2.24) is 9.88 Å². The van der Waals surface area contributed by atoms with E-state index in [4.69, 9.17) is 4.74 Å². The summed E-state index contributed by atoms with van der Waals surface area (Å²) < 4.78 is 5.12. The summed E-state index contributed by atoms with van der Waals surface area (Å²) in [4.78, 5) is 28.8. The molecule has 1 aliphatic heterocycles. The van der Waals surface area contributed by atoms with Gasteiger partial charge in [0.1, 0.15) is 5.56 Å². The highest BCUT2D eigenvalue weighted by Gasteiger charge is 2.29. The minimum atomic E-state index is -0.294. The van der Waals surface area contributed by atoms with Crippen molar-refractivity contribution in [1.29, 1.82) is 0 Å². The number of carbonyl (C=O) groups is 1. The summed E-state index contributed by atoms with van der Waals surface area (Å²) in [5.41, 5.74) is 1.49. The van der Waals surface area contributed by atoms with E-state index in [0.29, 0.717) is 25.6 Å². The summed E-state index contributed by atoms with van der Waals surface area (Å²) in [5.74, 6) is 0.205. The number of methoxy groups -OCH3 is 1. The second kappa shape index (κ2) is 5.57. The Hall–Kier alpha value is -1.62. The summed E-state index contributed by atoms with van der Waals surface area (Å²) in [5, 5.41) is 0. The minimum absolute atomic E-state index is 0.169. The van der Waals surface area contributed by atoms with Gasteiger partial charge in [-0.15, -0.1) is 0 Å². The predicted octanol–water partition coefficient (Wildman–Crippen LogP) is 1.10. The summed E-state index contributed by atoms with van der Waals surface area (Å²) in [7, 11) is 1.67. The van der Waals surface area contributed by atoms with Crippen LogP contribution in [0.3, 0.4) is 0 Å². The Morgan fingerprint density at radius 1 is 1.53 bits per heavy atom. The first-order valence-corrected chi connectivity index (χ1v) is 6.51. The first kappa shape index (κ1) is 13.8. The van der Waals surface area contributed by atoms with Crippen LogP contribution in [0.15, 0.2) is 10.9 Å². The Morgan fingerprint density at radius 2 is 2.26 bits per heavy atom. The Balaban J connectivity index is 2.20. The van der Waals surface area contributed by atoms with Crippen LogP contribution in [0.2, 0.25) is 0 Å².